The summed E-state index contributed by atoms with van der Waals surface area (Å²) in [4.78, 5) is 12.8. The van der Waals surface area contributed by atoms with Crippen molar-refractivity contribution in [3.8, 4) is 17.0 Å². The maximum absolute atomic E-state index is 12.8. The molecular weight excluding hydrogens is 404 g/mol. The smallest absolute Gasteiger partial charge is 0.260 e. The molecule has 5 aromatic rings. The molecule has 8 nitrogen and oxygen atoms in total. The lowest BCUT2D eigenvalue weighted by Crippen LogP contribution is -2.13. The van der Waals surface area contributed by atoms with E-state index < -0.39 is 0 Å². The molecule has 0 atom stereocenters. The van der Waals surface area contributed by atoms with Crippen molar-refractivity contribution in [3.63, 3.8) is 0 Å². The van der Waals surface area contributed by atoms with Crippen molar-refractivity contribution in [2.45, 2.75) is 6.54 Å². The molecule has 0 unspecified atom stereocenters. The zero-order chi connectivity index (χ0) is 21.9. The van der Waals surface area contributed by atoms with Crippen molar-refractivity contribution >= 4 is 22.6 Å². The standard InChI is InChI=1S/C24H20N6O2/c1-32-22-10-6-5-9-18(22)24(31)25-23-19-13-17(11-12-20(19)26-28-23)21-15-30(29-27-21)14-16-7-3-2-4-8-16/h2-13,15H,14H2,1H3,(H2,25,26,28,31). The average Bonchev–Trinajstić information content (AvgIpc) is 3.46. The van der Waals surface area contributed by atoms with Crippen molar-refractivity contribution < 1.29 is 9.53 Å². The van der Waals surface area contributed by atoms with Gasteiger partial charge in [0.1, 0.15) is 11.4 Å². The van der Waals surface area contributed by atoms with Crippen LogP contribution >= 0.6 is 0 Å². The van der Waals surface area contributed by atoms with E-state index in [0.29, 0.717) is 23.7 Å². The number of nitrogens with zero attached hydrogens (tertiary/aromatic N) is 4. The van der Waals surface area contributed by atoms with Crippen LogP contribution in [0.4, 0.5) is 5.82 Å². The Kier molecular flexibility index (Phi) is 5.09. The molecular formula is C24H20N6O2. The molecule has 1 amide bonds. The first-order valence-electron chi connectivity index (χ1n) is 10.1. The van der Waals surface area contributed by atoms with E-state index in [1.807, 2.05) is 48.7 Å². The third-order valence-electron chi connectivity index (χ3n) is 5.17. The Bertz CT molecular complexity index is 1390. The maximum Gasteiger partial charge on any atom is 0.260 e. The third-order valence-corrected chi connectivity index (χ3v) is 5.17. The molecule has 0 aliphatic carbocycles. The fourth-order valence-corrected chi connectivity index (χ4v) is 3.55. The predicted octanol–water partition coefficient (Wildman–Crippen LogP) is 4.13. The number of nitrogens with one attached hydrogen (secondary N) is 2. The molecule has 32 heavy (non-hydrogen) atoms. The van der Waals surface area contributed by atoms with Crippen molar-refractivity contribution in [3.05, 3.63) is 90.1 Å². The van der Waals surface area contributed by atoms with Gasteiger partial charge < -0.3 is 10.1 Å². The van der Waals surface area contributed by atoms with E-state index in [1.165, 1.54) is 7.11 Å². The Morgan fingerprint density at radius 3 is 2.72 bits per heavy atom. The van der Waals surface area contributed by atoms with Gasteiger partial charge in [-0.05, 0) is 29.8 Å². The molecule has 0 radical (unpaired) electrons. The molecule has 158 valence electrons. The highest BCUT2D eigenvalue weighted by Crippen LogP contribution is 2.27. The van der Waals surface area contributed by atoms with Crippen molar-refractivity contribution in [1.82, 2.24) is 25.2 Å². The van der Waals surface area contributed by atoms with Gasteiger partial charge in [0.25, 0.3) is 5.91 Å². The molecule has 0 spiro atoms. The number of rotatable bonds is 6. The second-order valence-electron chi connectivity index (χ2n) is 7.27. The predicted molar refractivity (Wildman–Crippen MR) is 122 cm³/mol. The number of H-pyrrole nitrogens is 1. The highest BCUT2D eigenvalue weighted by atomic mass is 16.5. The summed E-state index contributed by atoms with van der Waals surface area (Å²) in [6, 6.07) is 22.9. The molecule has 0 saturated heterocycles. The lowest BCUT2D eigenvalue weighted by atomic mass is 10.1. The number of carbonyl (C=O) groups excluding carboxylic acids is 1. The summed E-state index contributed by atoms with van der Waals surface area (Å²) < 4.78 is 7.09. The second kappa shape index (κ2) is 8.35. The van der Waals surface area contributed by atoms with Crippen molar-refractivity contribution in [2.75, 3.05) is 12.4 Å². The number of hydrogen-bond donors (Lipinski definition) is 2. The second-order valence-corrected chi connectivity index (χ2v) is 7.27. The quantitative estimate of drug-likeness (QED) is 0.427. The molecule has 8 heteroatoms. The first-order valence-corrected chi connectivity index (χ1v) is 10.1. The van der Waals surface area contributed by atoms with Crippen LogP contribution in [0, 0.1) is 0 Å². The minimum atomic E-state index is -0.296. The highest BCUT2D eigenvalue weighted by molar-refractivity contribution is 6.09. The van der Waals surface area contributed by atoms with Gasteiger partial charge in [-0.25, -0.2) is 4.68 Å². The number of aromatic amines is 1. The lowest BCUT2D eigenvalue weighted by molar-refractivity contribution is 0.102. The van der Waals surface area contributed by atoms with E-state index in [0.717, 1.165) is 27.7 Å². The molecule has 0 bridgehead atoms. The van der Waals surface area contributed by atoms with E-state index in [1.54, 1.807) is 22.9 Å². The summed E-state index contributed by atoms with van der Waals surface area (Å²) in [5, 5.41) is 19.4. The van der Waals surface area contributed by atoms with Crippen LogP contribution in [0.25, 0.3) is 22.2 Å². The number of hydrogen-bond acceptors (Lipinski definition) is 5. The highest BCUT2D eigenvalue weighted by Gasteiger charge is 2.16. The first-order chi connectivity index (χ1) is 15.7. The molecule has 2 N–H and O–H groups in total. The third kappa shape index (κ3) is 3.81. The van der Waals surface area contributed by atoms with Crippen LogP contribution in [-0.2, 0) is 6.54 Å². The molecule has 2 aromatic heterocycles. The van der Waals surface area contributed by atoms with Crippen LogP contribution < -0.4 is 10.1 Å². The summed E-state index contributed by atoms with van der Waals surface area (Å²) in [5.41, 5.74) is 4.01. The van der Waals surface area contributed by atoms with Gasteiger partial charge in [0.05, 0.1) is 30.9 Å². The molecule has 0 fully saturated rings. The lowest BCUT2D eigenvalue weighted by Gasteiger charge is -2.07. The minimum Gasteiger partial charge on any atom is -0.496 e. The fourth-order valence-electron chi connectivity index (χ4n) is 3.55. The van der Waals surface area contributed by atoms with Gasteiger partial charge in [0, 0.05) is 10.9 Å². The molecule has 0 aliphatic rings. The molecule has 3 aromatic carbocycles. The number of benzene rings is 3. The van der Waals surface area contributed by atoms with E-state index in [4.69, 9.17) is 4.74 Å². The molecule has 0 saturated carbocycles. The van der Waals surface area contributed by atoms with Gasteiger partial charge in [0.15, 0.2) is 5.82 Å². The van der Waals surface area contributed by atoms with Crippen LogP contribution in [0.15, 0.2) is 79.0 Å². The van der Waals surface area contributed by atoms with Crippen LogP contribution in [0.3, 0.4) is 0 Å². The molecule has 0 aliphatic heterocycles. The van der Waals surface area contributed by atoms with Gasteiger partial charge in [-0.2, -0.15) is 5.10 Å². The van der Waals surface area contributed by atoms with Crippen LogP contribution in [0.2, 0.25) is 0 Å². The van der Waals surface area contributed by atoms with Crippen molar-refractivity contribution in [1.29, 1.82) is 0 Å². The summed E-state index contributed by atoms with van der Waals surface area (Å²) in [5.74, 6) is 0.644. The van der Waals surface area contributed by atoms with Crippen LogP contribution in [0.1, 0.15) is 15.9 Å². The first kappa shape index (κ1) is 19.5. The summed E-state index contributed by atoms with van der Waals surface area (Å²) >= 11 is 0. The largest absolute Gasteiger partial charge is 0.496 e. The number of carbonyl (C=O) groups is 1. The van der Waals surface area contributed by atoms with E-state index in [9.17, 15) is 4.79 Å². The minimum absolute atomic E-state index is 0.296. The Balaban J connectivity index is 1.41. The van der Waals surface area contributed by atoms with Gasteiger partial charge >= 0.3 is 0 Å². The summed E-state index contributed by atoms with van der Waals surface area (Å²) in [6.07, 6.45) is 1.90. The Hall–Kier alpha value is -4.46. The number of methoxy groups -OCH3 is 1. The Morgan fingerprint density at radius 1 is 1.06 bits per heavy atom. The number of aromatic nitrogens is 5. The number of amides is 1. The summed E-state index contributed by atoms with van der Waals surface area (Å²) in [7, 11) is 1.54. The van der Waals surface area contributed by atoms with Crippen LogP contribution in [-0.4, -0.2) is 38.2 Å². The topological polar surface area (TPSA) is 97.7 Å². The summed E-state index contributed by atoms with van der Waals surface area (Å²) in [6.45, 7) is 0.641. The maximum atomic E-state index is 12.8. The monoisotopic (exact) mass is 424 g/mol. The molecule has 2 heterocycles. The number of fused-ring (bicyclic) bond motifs is 1. The normalized spacial score (nSPS) is 10.9. The van der Waals surface area contributed by atoms with Gasteiger partial charge in [-0.15, -0.1) is 5.10 Å². The fraction of sp³-hybridized carbons (Fsp3) is 0.0833. The average molecular weight is 424 g/mol. The van der Waals surface area contributed by atoms with Gasteiger partial charge in [-0.3, -0.25) is 9.89 Å². The molecule has 5 rings (SSSR count). The van der Waals surface area contributed by atoms with E-state index in [2.05, 4.69) is 38.0 Å². The van der Waals surface area contributed by atoms with Gasteiger partial charge in [0.2, 0.25) is 0 Å². The number of ether oxygens (including phenoxy) is 1. The Labute approximate surface area is 183 Å². The van der Waals surface area contributed by atoms with E-state index in [-0.39, 0.29) is 5.91 Å². The van der Waals surface area contributed by atoms with Gasteiger partial charge in [-0.1, -0.05) is 53.7 Å². The number of anilines is 1. The number of para-hydroxylation sites is 1. The van der Waals surface area contributed by atoms with E-state index >= 15 is 0 Å². The van der Waals surface area contributed by atoms with Crippen molar-refractivity contribution in [2.24, 2.45) is 0 Å². The Morgan fingerprint density at radius 2 is 1.88 bits per heavy atom. The zero-order valence-corrected chi connectivity index (χ0v) is 17.3. The van der Waals surface area contributed by atoms with Crippen LogP contribution in [0.5, 0.6) is 5.75 Å². The zero-order valence-electron chi connectivity index (χ0n) is 17.3. The SMILES string of the molecule is COc1ccccc1C(=O)Nc1n[nH]c2ccc(-c3cn(Cc4ccccc4)nn3)cc12.